The van der Waals surface area contributed by atoms with Gasteiger partial charge in [-0.15, -0.1) is 0 Å². The summed E-state index contributed by atoms with van der Waals surface area (Å²) in [5.74, 6) is 0.310. The molecule has 0 aromatic carbocycles. The van der Waals surface area contributed by atoms with Gasteiger partial charge in [-0.1, -0.05) is 26.8 Å². The molecule has 1 saturated carbocycles. The molecule has 1 saturated heterocycles. The third-order valence-electron chi connectivity index (χ3n) is 4.50. The van der Waals surface area contributed by atoms with Crippen molar-refractivity contribution in [1.29, 1.82) is 0 Å². The molecule has 2 bridgehead atoms. The Hall–Kier alpha value is -0.790. The molecular formula is C13H20O2. The summed E-state index contributed by atoms with van der Waals surface area (Å²) < 4.78 is 5.64. The van der Waals surface area contributed by atoms with Crippen LogP contribution < -0.4 is 0 Å². The van der Waals surface area contributed by atoms with E-state index in [1.807, 2.05) is 6.08 Å². The molecule has 0 N–H and O–H groups in total. The Morgan fingerprint density at radius 3 is 2.73 bits per heavy atom. The van der Waals surface area contributed by atoms with Gasteiger partial charge in [0.1, 0.15) is 5.60 Å². The van der Waals surface area contributed by atoms with Gasteiger partial charge in [-0.3, -0.25) is 0 Å². The zero-order chi connectivity index (χ0) is 11.3. The second kappa shape index (κ2) is 3.10. The van der Waals surface area contributed by atoms with Gasteiger partial charge in [0.25, 0.3) is 0 Å². The molecule has 0 spiro atoms. The van der Waals surface area contributed by atoms with E-state index in [2.05, 4.69) is 27.7 Å². The summed E-state index contributed by atoms with van der Waals surface area (Å²) in [6.07, 6.45) is 5.03. The second-order valence-corrected chi connectivity index (χ2v) is 5.50. The number of ether oxygens (including phenoxy) is 1. The third-order valence-corrected chi connectivity index (χ3v) is 4.50. The average molecular weight is 208 g/mol. The highest BCUT2D eigenvalue weighted by atomic mass is 16.6. The average Bonchev–Trinajstić information content (AvgIpc) is 2.30. The fourth-order valence-corrected chi connectivity index (χ4v) is 3.05. The standard InChI is InChI=1S/C13H20O2/c1-5-6-9-10-7-8-13(4,12(10,2)3)15-11(9)14/h6,10H,5,7-8H2,1-4H3/b9-6+/t10-,13-/m1/s1. The summed E-state index contributed by atoms with van der Waals surface area (Å²) in [5.41, 5.74) is 0.749. The minimum Gasteiger partial charge on any atom is -0.455 e. The van der Waals surface area contributed by atoms with Crippen LogP contribution in [0.4, 0.5) is 0 Å². The Kier molecular flexibility index (Phi) is 2.21. The van der Waals surface area contributed by atoms with Gasteiger partial charge in [0.15, 0.2) is 0 Å². The van der Waals surface area contributed by atoms with Gasteiger partial charge in [0, 0.05) is 11.0 Å². The van der Waals surface area contributed by atoms with Crippen molar-refractivity contribution in [2.75, 3.05) is 0 Å². The van der Waals surface area contributed by atoms with Crippen LogP contribution in [0, 0.1) is 11.3 Å². The largest absolute Gasteiger partial charge is 0.455 e. The minimum atomic E-state index is -0.250. The van der Waals surface area contributed by atoms with Crippen molar-refractivity contribution >= 4 is 5.97 Å². The summed E-state index contributed by atoms with van der Waals surface area (Å²) in [5, 5.41) is 0. The fraction of sp³-hybridized carbons (Fsp3) is 0.769. The molecule has 1 aliphatic carbocycles. The second-order valence-electron chi connectivity index (χ2n) is 5.50. The maximum atomic E-state index is 11.8. The van der Waals surface area contributed by atoms with Crippen LogP contribution in [0.1, 0.15) is 47.0 Å². The quantitative estimate of drug-likeness (QED) is 0.489. The lowest BCUT2D eigenvalue weighted by molar-refractivity contribution is -0.172. The Morgan fingerprint density at radius 2 is 2.13 bits per heavy atom. The summed E-state index contributed by atoms with van der Waals surface area (Å²) >= 11 is 0. The van der Waals surface area contributed by atoms with Crippen LogP contribution in [0.5, 0.6) is 0 Å². The molecule has 1 aliphatic heterocycles. The molecule has 1 heterocycles. The number of hydrogen-bond donors (Lipinski definition) is 0. The van der Waals surface area contributed by atoms with E-state index in [1.54, 1.807) is 0 Å². The number of hydrogen-bond acceptors (Lipinski definition) is 2. The van der Waals surface area contributed by atoms with E-state index in [0.29, 0.717) is 5.92 Å². The first-order valence-electron chi connectivity index (χ1n) is 5.86. The maximum absolute atomic E-state index is 11.8. The van der Waals surface area contributed by atoms with Gasteiger partial charge in [0.2, 0.25) is 0 Å². The SMILES string of the molecule is CC/C=C1/C(=O)O[C@]2(C)CC[C@H]1C2(C)C. The molecule has 2 rings (SSSR count). The van der Waals surface area contributed by atoms with Crippen molar-refractivity contribution in [3.05, 3.63) is 11.6 Å². The van der Waals surface area contributed by atoms with E-state index in [-0.39, 0.29) is 17.0 Å². The zero-order valence-corrected chi connectivity index (χ0v) is 10.1. The smallest absolute Gasteiger partial charge is 0.334 e. The summed E-state index contributed by atoms with van der Waals surface area (Å²) in [6, 6.07) is 0. The first-order chi connectivity index (χ1) is 6.92. The number of allylic oxidation sites excluding steroid dienone is 1. The van der Waals surface area contributed by atoms with Crippen LogP contribution in [0.3, 0.4) is 0 Å². The molecule has 0 amide bonds. The molecular weight excluding hydrogens is 188 g/mol. The molecule has 2 atom stereocenters. The lowest BCUT2D eigenvalue weighted by atomic mass is 9.68. The van der Waals surface area contributed by atoms with E-state index in [9.17, 15) is 4.79 Å². The monoisotopic (exact) mass is 208 g/mol. The van der Waals surface area contributed by atoms with E-state index in [4.69, 9.17) is 4.74 Å². The molecule has 0 aromatic heterocycles. The highest BCUT2D eigenvalue weighted by Crippen LogP contribution is 2.58. The molecule has 0 unspecified atom stereocenters. The predicted molar refractivity (Wildman–Crippen MR) is 59.4 cm³/mol. The van der Waals surface area contributed by atoms with Crippen LogP contribution in [-0.2, 0) is 9.53 Å². The van der Waals surface area contributed by atoms with Crippen LogP contribution >= 0.6 is 0 Å². The normalized spacial score (nSPS) is 40.7. The van der Waals surface area contributed by atoms with Crippen molar-refractivity contribution in [2.24, 2.45) is 11.3 Å². The predicted octanol–water partition coefficient (Wildman–Crippen LogP) is 3.07. The third kappa shape index (κ3) is 1.27. The molecule has 15 heavy (non-hydrogen) atoms. The number of carbonyl (C=O) groups excluding carboxylic acids is 1. The van der Waals surface area contributed by atoms with Crippen molar-refractivity contribution in [1.82, 2.24) is 0 Å². The van der Waals surface area contributed by atoms with Gasteiger partial charge in [0.05, 0.1) is 0 Å². The highest BCUT2D eigenvalue weighted by molar-refractivity contribution is 5.91. The van der Waals surface area contributed by atoms with E-state index in [1.165, 1.54) is 0 Å². The number of carbonyl (C=O) groups is 1. The summed E-state index contributed by atoms with van der Waals surface area (Å²) in [7, 11) is 0. The number of fused-ring (bicyclic) bond motifs is 2. The highest BCUT2D eigenvalue weighted by Gasteiger charge is 2.59. The summed E-state index contributed by atoms with van der Waals surface area (Å²) in [4.78, 5) is 11.8. The maximum Gasteiger partial charge on any atom is 0.334 e. The van der Waals surface area contributed by atoms with Crippen molar-refractivity contribution < 1.29 is 9.53 Å². The van der Waals surface area contributed by atoms with E-state index in [0.717, 1.165) is 24.8 Å². The van der Waals surface area contributed by atoms with E-state index < -0.39 is 0 Å². The lowest BCUT2D eigenvalue weighted by Gasteiger charge is -2.45. The van der Waals surface area contributed by atoms with Gasteiger partial charge < -0.3 is 4.74 Å². The Balaban J connectivity index is 2.43. The van der Waals surface area contributed by atoms with Gasteiger partial charge in [-0.05, 0) is 32.1 Å². The first kappa shape index (κ1) is 10.7. The first-order valence-corrected chi connectivity index (χ1v) is 5.86. The molecule has 0 aromatic rings. The van der Waals surface area contributed by atoms with E-state index >= 15 is 0 Å². The van der Waals surface area contributed by atoms with Gasteiger partial charge in [-0.25, -0.2) is 4.79 Å². The van der Waals surface area contributed by atoms with Gasteiger partial charge in [-0.2, -0.15) is 0 Å². The van der Waals surface area contributed by atoms with Crippen LogP contribution in [0.25, 0.3) is 0 Å². The van der Waals surface area contributed by atoms with Crippen LogP contribution in [-0.4, -0.2) is 11.6 Å². The molecule has 2 nitrogen and oxygen atoms in total. The van der Waals surface area contributed by atoms with Crippen LogP contribution in [0.15, 0.2) is 11.6 Å². The molecule has 2 heteroatoms. The molecule has 84 valence electrons. The molecule has 0 radical (unpaired) electrons. The van der Waals surface area contributed by atoms with Crippen molar-refractivity contribution in [3.8, 4) is 0 Å². The molecule has 2 aliphatic rings. The number of rotatable bonds is 1. The number of esters is 1. The minimum absolute atomic E-state index is 0.0822. The Morgan fingerprint density at radius 1 is 1.47 bits per heavy atom. The topological polar surface area (TPSA) is 26.3 Å². The van der Waals surface area contributed by atoms with Crippen molar-refractivity contribution in [2.45, 2.75) is 52.6 Å². The molecule has 2 fully saturated rings. The lowest BCUT2D eigenvalue weighted by Crippen LogP contribution is -2.49. The van der Waals surface area contributed by atoms with Gasteiger partial charge >= 0.3 is 5.97 Å². The Labute approximate surface area is 91.7 Å². The fourth-order valence-electron chi connectivity index (χ4n) is 3.05. The van der Waals surface area contributed by atoms with Crippen LogP contribution in [0.2, 0.25) is 0 Å². The van der Waals surface area contributed by atoms with Crippen molar-refractivity contribution in [3.63, 3.8) is 0 Å². The zero-order valence-electron chi connectivity index (χ0n) is 10.1. The Bertz CT molecular complexity index is 327. The summed E-state index contributed by atoms with van der Waals surface area (Å²) in [6.45, 7) is 8.59.